The van der Waals surface area contributed by atoms with Crippen molar-refractivity contribution in [3.8, 4) is 5.75 Å². The standard InChI is InChI=1S/C13H11ClN2O2S/c1-18-8-5-11(19-6-8)12(14)7-2-3-9-10(4-7)16-13(17)15-9/h2-6,12H,1H3,(H2,15,16,17). The van der Waals surface area contributed by atoms with Crippen LogP contribution >= 0.6 is 22.9 Å². The van der Waals surface area contributed by atoms with Crippen LogP contribution in [-0.4, -0.2) is 17.1 Å². The Morgan fingerprint density at radius 1 is 1.26 bits per heavy atom. The van der Waals surface area contributed by atoms with Crippen LogP contribution in [0.1, 0.15) is 15.8 Å². The van der Waals surface area contributed by atoms with Gasteiger partial charge in [0.15, 0.2) is 0 Å². The molecule has 3 rings (SSSR count). The fourth-order valence-electron chi connectivity index (χ4n) is 1.95. The Morgan fingerprint density at radius 3 is 2.79 bits per heavy atom. The summed E-state index contributed by atoms with van der Waals surface area (Å²) in [6.45, 7) is 0. The van der Waals surface area contributed by atoms with Crippen LogP contribution in [0.25, 0.3) is 11.0 Å². The van der Waals surface area contributed by atoms with Gasteiger partial charge in [0.25, 0.3) is 0 Å². The van der Waals surface area contributed by atoms with Crippen LogP contribution in [0.2, 0.25) is 0 Å². The Kier molecular flexibility index (Phi) is 3.08. The number of imidazole rings is 1. The van der Waals surface area contributed by atoms with Crippen molar-refractivity contribution in [2.75, 3.05) is 7.11 Å². The lowest BCUT2D eigenvalue weighted by atomic mass is 10.1. The molecule has 4 nitrogen and oxygen atoms in total. The third-order valence-corrected chi connectivity index (χ3v) is 4.51. The number of ether oxygens (including phenoxy) is 1. The summed E-state index contributed by atoms with van der Waals surface area (Å²) in [5.74, 6) is 0.807. The molecule has 2 aromatic heterocycles. The molecule has 0 saturated heterocycles. The van der Waals surface area contributed by atoms with Gasteiger partial charge in [-0.3, -0.25) is 0 Å². The molecule has 1 aromatic carbocycles. The van der Waals surface area contributed by atoms with Crippen molar-refractivity contribution in [2.45, 2.75) is 5.38 Å². The molecule has 0 saturated carbocycles. The molecule has 0 spiro atoms. The molecule has 0 aliphatic heterocycles. The summed E-state index contributed by atoms with van der Waals surface area (Å²) in [5.41, 5.74) is 2.27. The maximum Gasteiger partial charge on any atom is 0.323 e. The lowest BCUT2D eigenvalue weighted by Gasteiger charge is -2.07. The number of fused-ring (bicyclic) bond motifs is 1. The summed E-state index contributed by atoms with van der Waals surface area (Å²) in [5, 5.41) is 1.67. The third-order valence-electron chi connectivity index (χ3n) is 2.91. The minimum atomic E-state index is -0.253. The van der Waals surface area contributed by atoms with E-state index in [1.165, 1.54) is 0 Å². The van der Waals surface area contributed by atoms with Crippen molar-refractivity contribution in [2.24, 2.45) is 0 Å². The minimum absolute atomic E-state index is 0.212. The smallest absolute Gasteiger partial charge is 0.323 e. The van der Waals surface area contributed by atoms with Gasteiger partial charge in [0, 0.05) is 10.3 Å². The molecular formula is C13H11ClN2O2S. The van der Waals surface area contributed by atoms with Crippen molar-refractivity contribution in [3.05, 3.63) is 50.6 Å². The van der Waals surface area contributed by atoms with Crippen LogP contribution in [0.4, 0.5) is 0 Å². The van der Waals surface area contributed by atoms with Gasteiger partial charge in [0.1, 0.15) is 5.75 Å². The van der Waals surface area contributed by atoms with Crippen molar-refractivity contribution >= 4 is 34.0 Å². The first kappa shape index (κ1) is 12.3. The summed E-state index contributed by atoms with van der Waals surface area (Å²) >= 11 is 8.01. The van der Waals surface area contributed by atoms with Crippen LogP contribution in [0.15, 0.2) is 34.4 Å². The van der Waals surface area contributed by atoms with Crippen LogP contribution < -0.4 is 10.4 Å². The molecule has 0 aliphatic carbocycles. The van der Waals surface area contributed by atoms with E-state index in [1.54, 1.807) is 18.4 Å². The molecule has 6 heteroatoms. The first-order valence-electron chi connectivity index (χ1n) is 5.66. The molecule has 2 N–H and O–H groups in total. The van der Waals surface area contributed by atoms with Crippen LogP contribution in [0.5, 0.6) is 5.75 Å². The number of aromatic nitrogens is 2. The number of halogens is 1. The number of hydrogen-bond acceptors (Lipinski definition) is 3. The Bertz CT molecular complexity index is 774. The first-order valence-corrected chi connectivity index (χ1v) is 6.97. The van der Waals surface area contributed by atoms with E-state index in [0.717, 1.165) is 27.2 Å². The highest BCUT2D eigenvalue weighted by atomic mass is 35.5. The number of nitrogens with one attached hydrogen (secondary N) is 2. The molecule has 2 heterocycles. The van der Waals surface area contributed by atoms with E-state index in [1.807, 2.05) is 29.6 Å². The average Bonchev–Trinajstić information content (AvgIpc) is 3.01. The third kappa shape index (κ3) is 2.27. The first-order chi connectivity index (χ1) is 9.17. The van der Waals surface area contributed by atoms with E-state index in [0.29, 0.717) is 0 Å². The number of aromatic amines is 2. The van der Waals surface area contributed by atoms with Gasteiger partial charge >= 0.3 is 5.69 Å². The Morgan fingerprint density at radius 2 is 2.05 bits per heavy atom. The van der Waals surface area contributed by atoms with E-state index in [2.05, 4.69) is 9.97 Å². The molecule has 0 bridgehead atoms. The zero-order valence-electron chi connectivity index (χ0n) is 10.1. The summed E-state index contributed by atoms with van der Waals surface area (Å²) in [6, 6.07) is 7.57. The monoisotopic (exact) mass is 294 g/mol. The van der Waals surface area contributed by atoms with Gasteiger partial charge in [-0.15, -0.1) is 22.9 Å². The highest BCUT2D eigenvalue weighted by Gasteiger charge is 2.14. The maximum absolute atomic E-state index is 11.2. The molecule has 0 radical (unpaired) electrons. The largest absolute Gasteiger partial charge is 0.496 e. The molecule has 19 heavy (non-hydrogen) atoms. The zero-order chi connectivity index (χ0) is 13.4. The fourth-order valence-corrected chi connectivity index (χ4v) is 3.16. The van der Waals surface area contributed by atoms with Crippen molar-refractivity contribution < 1.29 is 4.74 Å². The van der Waals surface area contributed by atoms with Crippen LogP contribution in [0.3, 0.4) is 0 Å². The summed E-state index contributed by atoms with van der Waals surface area (Å²) in [6.07, 6.45) is 0. The van der Waals surface area contributed by atoms with E-state index in [9.17, 15) is 4.79 Å². The molecule has 1 atom stereocenters. The molecule has 0 amide bonds. The maximum atomic E-state index is 11.2. The zero-order valence-corrected chi connectivity index (χ0v) is 11.6. The normalized spacial score (nSPS) is 12.7. The second-order valence-electron chi connectivity index (χ2n) is 4.14. The Hall–Kier alpha value is -1.72. The molecule has 0 fully saturated rings. The van der Waals surface area contributed by atoms with Crippen molar-refractivity contribution in [3.63, 3.8) is 0 Å². The lowest BCUT2D eigenvalue weighted by molar-refractivity contribution is 0.416. The fraction of sp³-hybridized carbons (Fsp3) is 0.154. The molecule has 3 aromatic rings. The topological polar surface area (TPSA) is 57.9 Å². The van der Waals surface area contributed by atoms with E-state index < -0.39 is 0 Å². The number of thiophene rings is 1. The highest BCUT2D eigenvalue weighted by molar-refractivity contribution is 7.10. The summed E-state index contributed by atoms with van der Waals surface area (Å²) in [4.78, 5) is 17.7. The van der Waals surface area contributed by atoms with Gasteiger partial charge in [0.2, 0.25) is 0 Å². The van der Waals surface area contributed by atoms with Crippen LogP contribution in [0, 0.1) is 0 Å². The minimum Gasteiger partial charge on any atom is -0.496 e. The van der Waals surface area contributed by atoms with Crippen molar-refractivity contribution in [1.82, 2.24) is 9.97 Å². The Labute approximate surface area is 118 Å². The number of benzene rings is 1. The molecule has 0 aliphatic rings. The number of H-pyrrole nitrogens is 2. The second kappa shape index (κ2) is 4.75. The van der Waals surface area contributed by atoms with Crippen LogP contribution in [-0.2, 0) is 0 Å². The van der Waals surface area contributed by atoms with Gasteiger partial charge in [0.05, 0.1) is 23.5 Å². The van der Waals surface area contributed by atoms with E-state index in [-0.39, 0.29) is 11.1 Å². The SMILES string of the molecule is COc1csc(C(Cl)c2ccc3[nH]c(=O)[nH]c3c2)c1. The van der Waals surface area contributed by atoms with Gasteiger partial charge in [-0.05, 0) is 23.8 Å². The molecule has 98 valence electrons. The van der Waals surface area contributed by atoms with E-state index in [4.69, 9.17) is 16.3 Å². The predicted molar refractivity (Wildman–Crippen MR) is 77.5 cm³/mol. The molecular weight excluding hydrogens is 284 g/mol. The molecule has 1 unspecified atom stereocenters. The second-order valence-corrected chi connectivity index (χ2v) is 5.51. The average molecular weight is 295 g/mol. The predicted octanol–water partition coefficient (Wildman–Crippen LogP) is 3.25. The number of alkyl halides is 1. The lowest BCUT2D eigenvalue weighted by Crippen LogP contribution is -1.99. The van der Waals surface area contributed by atoms with E-state index >= 15 is 0 Å². The van der Waals surface area contributed by atoms with Gasteiger partial charge < -0.3 is 14.7 Å². The quantitative estimate of drug-likeness (QED) is 0.729. The highest BCUT2D eigenvalue weighted by Crippen LogP contribution is 2.36. The number of rotatable bonds is 3. The summed E-state index contributed by atoms with van der Waals surface area (Å²) < 4.78 is 5.15. The number of hydrogen-bond donors (Lipinski definition) is 2. The number of methoxy groups -OCH3 is 1. The Balaban J connectivity index is 2.00. The van der Waals surface area contributed by atoms with Gasteiger partial charge in [-0.1, -0.05) is 6.07 Å². The summed E-state index contributed by atoms with van der Waals surface area (Å²) in [7, 11) is 1.63. The van der Waals surface area contributed by atoms with Crippen molar-refractivity contribution in [1.29, 1.82) is 0 Å². The van der Waals surface area contributed by atoms with Gasteiger partial charge in [-0.25, -0.2) is 4.79 Å². The van der Waals surface area contributed by atoms with Gasteiger partial charge in [-0.2, -0.15) is 0 Å².